The number of halogens is 1. The third kappa shape index (κ3) is 2.41. The van der Waals surface area contributed by atoms with E-state index in [2.05, 4.69) is 9.97 Å². The molecule has 0 atom stereocenters. The van der Waals surface area contributed by atoms with Crippen LogP contribution in [0.3, 0.4) is 0 Å². The van der Waals surface area contributed by atoms with E-state index in [1.165, 1.54) is 17.0 Å². The Morgan fingerprint density at radius 1 is 1.12 bits per heavy atom. The van der Waals surface area contributed by atoms with Gasteiger partial charge in [0, 0.05) is 6.54 Å². The number of hydrogen-bond acceptors (Lipinski definition) is 3. The van der Waals surface area contributed by atoms with Gasteiger partial charge < -0.3 is 4.57 Å². The number of rotatable bonds is 3. The highest BCUT2D eigenvalue weighted by molar-refractivity contribution is 5.80. The summed E-state index contributed by atoms with van der Waals surface area (Å²) < 4.78 is 17.5. The van der Waals surface area contributed by atoms with Crippen molar-refractivity contribution in [1.29, 1.82) is 0 Å². The second-order valence-corrected chi connectivity index (χ2v) is 6.03. The number of fused-ring (bicyclic) bond motifs is 2. The van der Waals surface area contributed by atoms with Crippen LogP contribution in [0.25, 0.3) is 21.9 Å². The van der Waals surface area contributed by atoms with E-state index in [-0.39, 0.29) is 17.9 Å². The van der Waals surface area contributed by atoms with Crippen LogP contribution in [0.5, 0.6) is 0 Å². The van der Waals surface area contributed by atoms with Gasteiger partial charge in [0.15, 0.2) is 5.82 Å². The molecule has 25 heavy (non-hydrogen) atoms. The lowest BCUT2D eigenvalue weighted by Crippen LogP contribution is -2.23. The number of imidazole rings is 1. The summed E-state index contributed by atoms with van der Waals surface area (Å²) in [6.07, 6.45) is 1.54. The van der Waals surface area contributed by atoms with Crippen LogP contribution >= 0.6 is 0 Å². The Hall–Kier alpha value is -3.02. The highest BCUT2D eigenvalue weighted by atomic mass is 19.1. The minimum absolute atomic E-state index is 0.121. The van der Waals surface area contributed by atoms with Gasteiger partial charge in [-0.05, 0) is 37.6 Å². The van der Waals surface area contributed by atoms with Crippen molar-refractivity contribution in [3.8, 4) is 0 Å². The van der Waals surface area contributed by atoms with Gasteiger partial charge in [-0.3, -0.25) is 9.36 Å². The summed E-state index contributed by atoms with van der Waals surface area (Å²) >= 11 is 0. The van der Waals surface area contributed by atoms with Crippen LogP contribution in [0, 0.1) is 12.7 Å². The number of benzene rings is 2. The normalized spacial score (nSPS) is 11.5. The zero-order valence-corrected chi connectivity index (χ0v) is 14.0. The Balaban J connectivity index is 1.87. The SMILES string of the molecule is CCn1c(Cn2cnc3c(C)cccc3c2=O)nc2c(F)cccc21. The molecule has 4 rings (SSSR count). The summed E-state index contributed by atoms with van der Waals surface area (Å²) in [5.41, 5.74) is 2.61. The molecule has 0 spiro atoms. The lowest BCUT2D eigenvalue weighted by Gasteiger charge is -2.09. The maximum atomic E-state index is 14.0. The summed E-state index contributed by atoms with van der Waals surface area (Å²) in [6, 6.07) is 10.5. The highest BCUT2D eigenvalue weighted by Gasteiger charge is 2.14. The van der Waals surface area contributed by atoms with E-state index in [1.54, 1.807) is 12.1 Å². The zero-order valence-electron chi connectivity index (χ0n) is 14.0. The lowest BCUT2D eigenvalue weighted by atomic mass is 10.1. The molecule has 0 fully saturated rings. The molecule has 0 saturated carbocycles. The average molecular weight is 336 g/mol. The Morgan fingerprint density at radius 3 is 2.72 bits per heavy atom. The van der Waals surface area contributed by atoms with E-state index in [9.17, 15) is 9.18 Å². The van der Waals surface area contributed by atoms with Gasteiger partial charge in [-0.1, -0.05) is 18.2 Å². The maximum absolute atomic E-state index is 14.0. The number of nitrogens with zero attached hydrogens (tertiary/aromatic N) is 4. The lowest BCUT2D eigenvalue weighted by molar-refractivity contribution is 0.635. The van der Waals surface area contributed by atoms with Crippen LogP contribution < -0.4 is 5.56 Å². The molecule has 0 amide bonds. The standard InChI is InChI=1S/C19H17FN4O/c1-3-24-15-9-5-8-14(20)18(15)22-16(24)10-23-11-21-17-12(2)6-4-7-13(17)19(23)25/h4-9,11H,3,10H2,1-2H3. The number of para-hydroxylation sites is 2. The predicted molar refractivity (Wildman–Crippen MR) is 95.2 cm³/mol. The highest BCUT2D eigenvalue weighted by Crippen LogP contribution is 2.20. The fraction of sp³-hybridized carbons (Fsp3) is 0.211. The first-order valence-corrected chi connectivity index (χ1v) is 8.18. The topological polar surface area (TPSA) is 52.7 Å². The van der Waals surface area contributed by atoms with Crippen LogP contribution in [0.2, 0.25) is 0 Å². The van der Waals surface area contributed by atoms with Crippen LogP contribution in [-0.4, -0.2) is 19.1 Å². The van der Waals surface area contributed by atoms with Crippen molar-refractivity contribution >= 4 is 21.9 Å². The van der Waals surface area contributed by atoms with Gasteiger partial charge in [-0.25, -0.2) is 14.4 Å². The minimum Gasteiger partial charge on any atom is -0.327 e. The first-order chi connectivity index (χ1) is 12.1. The van der Waals surface area contributed by atoms with E-state index >= 15 is 0 Å². The molecule has 5 nitrogen and oxygen atoms in total. The number of hydrogen-bond donors (Lipinski definition) is 0. The average Bonchev–Trinajstić information content (AvgIpc) is 2.96. The molecule has 0 aliphatic heterocycles. The molecule has 0 bridgehead atoms. The molecular weight excluding hydrogens is 319 g/mol. The van der Waals surface area contributed by atoms with Gasteiger partial charge in [0.25, 0.3) is 5.56 Å². The van der Waals surface area contributed by atoms with Crippen molar-refractivity contribution in [2.75, 3.05) is 0 Å². The predicted octanol–water partition coefficient (Wildman–Crippen LogP) is 3.26. The largest absolute Gasteiger partial charge is 0.327 e. The number of aryl methyl sites for hydroxylation is 2. The molecule has 2 aromatic heterocycles. The quantitative estimate of drug-likeness (QED) is 0.577. The van der Waals surface area contributed by atoms with Gasteiger partial charge in [0.1, 0.15) is 11.3 Å². The molecule has 2 heterocycles. The molecule has 126 valence electrons. The molecule has 6 heteroatoms. The van der Waals surface area contributed by atoms with Gasteiger partial charge >= 0.3 is 0 Å². The first kappa shape index (κ1) is 15.5. The Morgan fingerprint density at radius 2 is 1.92 bits per heavy atom. The second kappa shape index (κ2) is 5.81. The van der Waals surface area contributed by atoms with Crippen LogP contribution in [0.4, 0.5) is 4.39 Å². The first-order valence-electron chi connectivity index (χ1n) is 8.18. The Kier molecular flexibility index (Phi) is 3.60. The molecule has 0 saturated heterocycles. The second-order valence-electron chi connectivity index (χ2n) is 6.03. The van der Waals surface area contributed by atoms with Crippen molar-refractivity contribution in [2.24, 2.45) is 0 Å². The monoisotopic (exact) mass is 336 g/mol. The Bertz CT molecular complexity index is 1160. The molecular formula is C19H17FN4O. The molecule has 0 aliphatic carbocycles. The summed E-state index contributed by atoms with van der Waals surface area (Å²) in [5.74, 6) is 0.282. The van der Waals surface area contributed by atoms with Crippen LogP contribution in [0.15, 0.2) is 47.5 Å². The molecule has 0 unspecified atom stereocenters. The van der Waals surface area contributed by atoms with Crippen molar-refractivity contribution in [2.45, 2.75) is 26.9 Å². The van der Waals surface area contributed by atoms with E-state index in [0.717, 1.165) is 11.1 Å². The Labute approximate surface area is 143 Å². The number of aromatic nitrogens is 4. The summed E-state index contributed by atoms with van der Waals surface area (Å²) in [7, 11) is 0. The fourth-order valence-corrected chi connectivity index (χ4v) is 3.24. The van der Waals surface area contributed by atoms with Crippen molar-refractivity contribution in [3.63, 3.8) is 0 Å². The summed E-state index contributed by atoms with van der Waals surface area (Å²) in [5, 5.41) is 0.577. The molecule has 0 radical (unpaired) electrons. The third-order valence-corrected chi connectivity index (χ3v) is 4.49. The fourth-order valence-electron chi connectivity index (χ4n) is 3.24. The van der Waals surface area contributed by atoms with E-state index < -0.39 is 0 Å². The minimum atomic E-state index is -0.356. The van der Waals surface area contributed by atoms with Crippen molar-refractivity contribution in [1.82, 2.24) is 19.1 Å². The summed E-state index contributed by atoms with van der Waals surface area (Å²) in [4.78, 5) is 21.6. The van der Waals surface area contributed by atoms with E-state index in [0.29, 0.717) is 28.8 Å². The van der Waals surface area contributed by atoms with Gasteiger partial charge in [-0.2, -0.15) is 0 Å². The maximum Gasteiger partial charge on any atom is 0.261 e. The molecule has 0 aliphatic rings. The molecule has 4 aromatic rings. The van der Waals surface area contributed by atoms with Crippen LogP contribution in [0.1, 0.15) is 18.3 Å². The third-order valence-electron chi connectivity index (χ3n) is 4.49. The summed E-state index contributed by atoms with van der Waals surface area (Å²) in [6.45, 7) is 4.79. The molecule has 0 N–H and O–H groups in total. The smallest absolute Gasteiger partial charge is 0.261 e. The zero-order chi connectivity index (χ0) is 17.6. The molecule has 2 aromatic carbocycles. The van der Waals surface area contributed by atoms with Gasteiger partial charge in [0.2, 0.25) is 0 Å². The van der Waals surface area contributed by atoms with Crippen molar-refractivity contribution < 1.29 is 4.39 Å². The van der Waals surface area contributed by atoms with Crippen molar-refractivity contribution in [3.05, 3.63) is 70.3 Å². The van der Waals surface area contributed by atoms with Gasteiger partial charge in [-0.15, -0.1) is 0 Å². The van der Waals surface area contributed by atoms with E-state index in [1.807, 2.05) is 36.6 Å². The van der Waals surface area contributed by atoms with E-state index in [4.69, 9.17) is 0 Å². The van der Waals surface area contributed by atoms with Gasteiger partial charge in [0.05, 0.1) is 29.3 Å². The van der Waals surface area contributed by atoms with Crippen LogP contribution in [-0.2, 0) is 13.1 Å².